The number of nitrogens with one attached hydrogen (secondary N) is 1. The maximum absolute atomic E-state index is 14.0. The van der Waals surface area contributed by atoms with E-state index in [9.17, 15) is 18.0 Å². The number of amides is 2. The Morgan fingerprint density at radius 3 is 2.23 bits per heavy atom. The van der Waals surface area contributed by atoms with Crippen LogP contribution in [0.3, 0.4) is 0 Å². The van der Waals surface area contributed by atoms with Crippen LogP contribution in [0.1, 0.15) is 38.7 Å². The molecule has 11 heteroatoms. The van der Waals surface area contributed by atoms with Crippen LogP contribution in [0.5, 0.6) is 0 Å². The number of carbonyl (C=O) groups is 2. The second-order valence-corrected chi connectivity index (χ2v) is 12.7. The summed E-state index contributed by atoms with van der Waals surface area (Å²) in [7, 11) is -4.12. The van der Waals surface area contributed by atoms with E-state index in [0.29, 0.717) is 34.3 Å². The zero-order valence-electron chi connectivity index (χ0n) is 22.3. The topological polar surface area (TPSA) is 86.8 Å². The Hall–Kier alpha value is -2.59. The number of nitrogens with zero attached hydrogens (tertiary/aromatic N) is 2. The number of sulfonamides is 1. The molecule has 3 rings (SSSR count). The molecular formula is C29H32BrCl2N3O4S. The highest BCUT2D eigenvalue weighted by Gasteiger charge is 2.33. The van der Waals surface area contributed by atoms with Crippen molar-refractivity contribution >= 4 is 66.7 Å². The van der Waals surface area contributed by atoms with Crippen molar-refractivity contribution in [2.24, 2.45) is 0 Å². The molecule has 0 aliphatic heterocycles. The van der Waals surface area contributed by atoms with E-state index in [1.807, 2.05) is 13.8 Å². The van der Waals surface area contributed by atoms with Crippen LogP contribution in [0.15, 0.2) is 82.2 Å². The number of benzene rings is 3. The average Bonchev–Trinajstić information content (AvgIpc) is 2.94. The molecule has 0 spiro atoms. The first-order valence-electron chi connectivity index (χ1n) is 12.9. The number of hydrogen-bond donors (Lipinski definition) is 1. The Balaban J connectivity index is 2.03. The Labute approximate surface area is 254 Å². The fourth-order valence-corrected chi connectivity index (χ4v) is 6.14. The van der Waals surface area contributed by atoms with Gasteiger partial charge in [-0.1, -0.05) is 83.7 Å². The van der Waals surface area contributed by atoms with Crippen molar-refractivity contribution in [1.82, 2.24) is 10.2 Å². The number of anilines is 1. The normalized spacial score (nSPS) is 12.0. The molecule has 7 nitrogen and oxygen atoms in total. The van der Waals surface area contributed by atoms with Gasteiger partial charge in [-0.05, 0) is 66.9 Å². The SMILES string of the molecule is CCCCNC(=O)[C@H](CC)N(Cc1ccc(Cl)c(Cl)c1)C(=O)CN(c1ccc(Br)cc1)S(=O)(=O)c1ccccc1. The molecule has 0 unspecified atom stereocenters. The molecule has 40 heavy (non-hydrogen) atoms. The van der Waals surface area contributed by atoms with Gasteiger partial charge in [0.2, 0.25) is 11.8 Å². The highest BCUT2D eigenvalue weighted by atomic mass is 79.9. The summed E-state index contributed by atoms with van der Waals surface area (Å²) in [6.45, 7) is 3.84. The van der Waals surface area contributed by atoms with Crippen LogP contribution in [0.25, 0.3) is 0 Å². The Bertz CT molecular complexity index is 1410. The molecule has 0 heterocycles. The van der Waals surface area contributed by atoms with Crippen LogP contribution >= 0.6 is 39.1 Å². The van der Waals surface area contributed by atoms with E-state index in [4.69, 9.17) is 23.2 Å². The van der Waals surface area contributed by atoms with E-state index in [0.717, 1.165) is 21.6 Å². The van der Waals surface area contributed by atoms with Crippen LogP contribution in [0.2, 0.25) is 10.0 Å². The van der Waals surface area contributed by atoms with Crippen LogP contribution < -0.4 is 9.62 Å². The molecule has 0 radical (unpaired) electrons. The lowest BCUT2D eigenvalue weighted by atomic mass is 10.1. The maximum Gasteiger partial charge on any atom is 0.264 e. The number of rotatable bonds is 13. The molecule has 0 aromatic heterocycles. The molecule has 0 fully saturated rings. The third-order valence-corrected chi connectivity index (χ3v) is 9.33. The van der Waals surface area contributed by atoms with E-state index >= 15 is 0 Å². The van der Waals surface area contributed by atoms with E-state index in [1.54, 1.807) is 60.7 Å². The summed E-state index contributed by atoms with van der Waals surface area (Å²) in [5.41, 5.74) is 0.971. The van der Waals surface area contributed by atoms with Crippen molar-refractivity contribution in [3.05, 3.63) is 92.9 Å². The van der Waals surface area contributed by atoms with E-state index in [-0.39, 0.29) is 17.3 Å². The highest BCUT2D eigenvalue weighted by Crippen LogP contribution is 2.27. The summed E-state index contributed by atoms with van der Waals surface area (Å²) in [5.74, 6) is -0.837. The minimum absolute atomic E-state index is 0.0367. The first-order chi connectivity index (χ1) is 19.1. The lowest BCUT2D eigenvalue weighted by Crippen LogP contribution is -2.52. The van der Waals surface area contributed by atoms with Crippen LogP contribution in [-0.4, -0.2) is 44.3 Å². The second-order valence-electron chi connectivity index (χ2n) is 9.14. The first kappa shape index (κ1) is 31.9. The lowest BCUT2D eigenvalue weighted by Gasteiger charge is -2.33. The summed E-state index contributed by atoms with van der Waals surface area (Å²) in [6.07, 6.45) is 2.03. The molecule has 0 saturated heterocycles. The maximum atomic E-state index is 14.0. The number of halogens is 3. The summed E-state index contributed by atoms with van der Waals surface area (Å²) < 4.78 is 29.4. The predicted molar refractivity (Wildman–Crippen MR) is 164 cm³/mol. The number of carbonyl (C=O) groups excluding carboxylic acids is 2. The Kier molecular flexibility index (Phi) is 11.9. The van der Waals surface area contributed by atoms with Gasteiger partial charge >= 0.3 is 0 Å². The van der Waals surface area contributed by atoms with E-state index in [1.165, 1.54) is 17.0 Å². The fraction of sp³-hybridized carbons (Fsp3) is 0.310. The molecule has 0 saturated carbocycles. The van der Waals surface area contributed by atoms with E-state index < -0.39 is 28.5 Å². The van der Waals surface area contributed by atoms with Gasteiger partial charge in [-0.2, -0.15) is 0 Å². The minimum atomic E-state index is -4.12. The molecule has 3 aromatic carbocycles. The summed E-state index contributed by atoms with van der Waals surface area (Å²) in [4.78, 5) is 28.7. The van der Waals surface area contributed by atoms with Crippen molar-refractivity contribution < 1.29 is 18.0 Å². The Morgan fingerprint density at radius 1 is 0.950 bits per heavy atom. The summed E-state index contributed by atoms with van der Waals surface area (Å²) >= 11 is 15.7. The highest BCUT2D eigenvalue weighted by molar-refractivity contribution is 9.10. The fourth-order valence-electron chi connectivity index (χ4n) is 4.12. The molecule has 0 bridgehead atoms. The number of hydrogen-bond acceptors (Lipinski definition) is 4. The molecule has 2 amide bonds. The Morgan fingerprint density at radius 2 is 1.62 bits per heavy atom. The number of unbranched alkanes of at least 4 members (excludes halogenated alkanes) is 1. The molecule has 1 atom stereocenters. The van der Waals surface area contributed by atoms with Crippen LogP contribution in [0, 0.1) is 0 Å². The standard InChI is InChI=1S/C29H32BrCl2N3O4S/c1-3-5-17-33-29(37)27(4-2)34(19-21-11-16-25(31)26(32)18-21)28(36)20-35(23-14-12-22(30)13-15-23)40(38,39)24-9-7-6-8-10-24/h6-16,18,27H,3-5,17,19-20H2,1-2H3,(H,33,37)/t27-/m0/s1. The van der Waals surface area contributed by atoms with Gasteiger partial charge in [-0.25, -0.2) is 8.42 Å². The van der Waals surface area contributed by atoms with Crippen LogP contribution in [-0.2, 0) is 26.2 Å². The van der Waals surface area contributed by atoms with E-state index in [2.05, 4.69) is 21.2 Å². The van der Waals surface area contributed by atoms with Gasteiger partial charge in [-0.15, -0.1) is 0 Å². The largest absolute Gasteiger partial charge is 0.354 e. The smallest absolute Gasteiger partial charge is 0.264 e. The van der Waals surface area contributed by atoms with Gasteiger partial charge < -0.3 is 10.2 Å². The van der Waals surface area contributed by atoms with Crippen molar-refractivity contribution in [1.29, 1.82) is 0 Å². The zero-order chi connectivity index (χ0) is 29.3. The van der Waals surface area contributed by atoms with Crippen molar-refractivity contribution in [3.63, 3.8) is 0 Å². The average molecular weight is 669 g/mol. The quantitative estimate of drug-likeness (QED) is 0.206. The molecule has 1 N–H and O–H groups in total. The molecule has 214 valence electrons. The van der Waals surface area contributed by atoms with Gasteiger partial charge in [0.15, 0.2) is 0 Å². The van der Waals surface area contributed by atoms with Gasteiger partial charge in [0.05, 0.1) is 20.6 Å². The molecule has 0 aliphatic rings. The first-order valence-corrected chi connectivity index (χ1v) is 15.9. The van der Waals surface area contributed by atoms with Crippen molar-refractivity contribution in [2.75, 3.05) is 17.4 Å². The molecule has 0 aliphatic carbocycles. The minimum Gasteiger partial charge on any atom is -0.354 e. The monoisotopic (exact) mass is 667 g/mol. The summed E-state index contributed by atoms with van der Waals surface area (Å²) in [5, 5.41) is 3.59. The van der Waals surface area contributed by atoms with Gasteiger partial charge in [0, 0.05) is 17.6 Å². The molecule has 3 aromatic rings. The third kappa shape index (κ3) is 8.22. The van der Waals surface area contributed by atoms with Crippen molar-refractivity contribution in [3.8, 4) is 0 Å². The summed E-state index contributed by atoms with van der Waals surface area (Å²) in [6, 6.07) is 18.7. The zero-order valence-corrected chi connectivity index (χ0v) is 26.2. The van der Waals surface area contributed by atoms with Gasteiger partial charge in [-0.3, -0.25) is 13.9 Å². The lowest BCUT2D eigenvalue weighted by molar-refractivity contribution is -0.140. The molecular weight excluding hydrogens is 637 g/mol. The van der Waals surface area contributed by atoms with Crippen LogP contribution in [0.4, 0.5) is 5.69 Å². The van der Waals surface area contributed by atoms with Gasteiger partial charge in [0.1, 0.15) is 12.6 Å². The van der Waals surface area contributed by atoms with Crippen molar-refractivity contribution in [2.45, 2.75) is 50.6 Å². The predicted octanol–water partition coefficient (Wildman–Crippen LogP) is 6.67. The van der Waals surface area contributed by atoms with Gasteiger partial charge in [0.25, 0.3) is 10.0 Å². The third-order valence-electron chi connectivity index (χ3n) is 6.28. The second kappa shape index (κ2) is 14.9.